The Morgan fingerprint density at radius 1 is 1.44 bits per heavy atom. The van der Waals surface area contributed by atoms with E-state index >= 15 is 0 Å². The lowest BCUT2D eigenvalue weighted by molar-refractivity contribution is -0.132. The Bertz CT molecular complexity index is 730. The Morgan fingerprint density at radius 3 is 3.00 bits per heavy atom. The third kappa shape index (κ3) is 4.00. The van der Waals surface area contributed by atoms with E-state index < -0.39 is 0 Å². The molecule has 2 atom stereocenters. The number of benzene rings is 1. The third-order valence-corrected chi connectivity index (χ3v) is 4.67. The van der Waals surface area contributed by atoms with Crippen LogP contribution in [0.4, 0.5) is 0 Å². The summed E-state index contributed by atoms with van der Waals surface area (Å²) in [6.45, 7) is 3.36. The van der Waals surface area contributed by atoms with Crippen LogP contribution < -0.4 is 15.6 Å². The van der Waals surface area contributed by atoms with Gasteiger partial charge in [-0.05, 0) is 31.0 Å². The van der Waals surface area contributed by atoms with E-state index in [1.165, 1.54) is 0 Å². The average Bonchev–Trinajstić information content (AvgIpc) is 3.28. The summed E-state index contributed by atoms with van der Waals surface area (Å²) in [4.78, 5) is 18.6. The number of aromatic nitrogens is 2. The number of hydrogen-bond acceptors (Lipinski definition) is 5. The Labute approximate surface area is 148 Å². The van der Waals surface area contributed by atoms with Gasteiger partial charge in [-0.25, -0.2) is 15.8 Å². The molecule has 1 saturated heterocycles. The number of rotatable bonds is 6. The van der Waals surface area contributed by atoms with Crippen molar-refractivity contribution in [1.29, 1.82) is 0 Å². The molecule has 1 fully saturated rings. The first-order chi connectivity index (χ1) is 12.1. The largest absolute Gasteiger partial charge is 0.497 e. The highest BCUT2D eigenvalue weighted by atomic mass is 16.5. The van der Waals surface area contributed by atoms with Crippen molar-refractivity contribution in [3.05, 3.63) is 48.0 Å². The minimum Gasteiger partial charge on any atom is -0.497 e. The molecular weight excluding hydrogens is 318 g/mol. The van der Waals surface area contributed by atoms with E-state index in [2.05, 4.69) is 15.8 Å². The first kappa shape index (κ1) is 17.4. The molecule has 7 nitrogen and oxygen atoms in total. The van der Waals surface area contributed by atoms with E-state index in [1.54, 1.807) is 18.2 Å². The number of carbonyl (C=O) groups is 1. The molecule has 1 aromatic heterocycles. The van der Waals surface area contributed by atoms with Crippen molar-refractivity contribution in [2.75, 3.05) is 20.7 Å². The number of nitrogens with zero attached hydrogens (tertiary/aromatic N) is 3. The molecule has 1 aliphatic rings. The number of hydrazine groups is 1. The molecule has 2 unspecified atom stereocenters. The predicted molar refractivity (Wildman–Crippen MR) is 95.0 cm³/mol. The summed E-state index contributed by atoms with van der Waals surface area (Å²) < 4.78 is 7.32. The Hall–Kier alpha value is -2.38. The summed E-state index contributed by atoms with van der Waals surface area (Å²) in [5, 5.41) is 0. The maximum absolute atomic E-state index is 12.7. The van der Waals surface area contributed by atoms with E-state index in [4.69, 9.17) is 4.74 Å². The average molecular weight is 343 g/mol. The van der Waals surface area contributed by atoms with Crippen LogP contribution in [0.25, 0.3) is 0 Å². The smallest absolute Gasteiger partial charge is 0.240 e. The van der Waals surface area contributed by atoms with Crippen molar-refractivity contribution in [2.24, 2.45) is 0 Å². The van der Waals surface area contributed by atoms with Gasteiger partial charge < -0.3 is 14.2 Å². The summed E-state index contributed by atoms with van der Waals surface area (Å²) in [5.41, 5.74) is 7.46. The van der Waals surface area contributed by atoms with Gasteiger partial charge in [-0.2, -0.15) is 0 Å². The van der Waals surface area contributed by atoms with Crippen LogP contribution in [0.2, 0.25) is 0 Å². The van der Waals surface area contributed by atoms with E-state index in [9.17, 15) is 4.79 Å². The number of aryl methyl sites for hydroxylation is 1. The number of nitrogens with one attached hydrogen (secondary N) is 2. The van der Waals surface area contributed by atoms with Gasteiger partial charge >= 0.3 is 0 Å². The zero-order valence-electron chi connectivity index (χ0n) is 14.9. The van der Waals surface area contributed by atoms with Gasteiger partial charge in [0, 0.05) is 38.6 Å². The quantitative estimate of drug-likeness (QED) is 0.826. The predicted octanol–water partition coefficient (Wildman–Crippen LogP) is 1.27. The van der Waals surface area contributed by atoms with Gasteiger partial charge in [0.2, 0.25) is 5.91 Å². The second-order valence-corrected chi connectivity index (χ2v) is 6.33. The maximum atomic E-state index is 12.7. The standard InChI is InChI=1S/C18H25N5O2/c1-13-19-7-8-23(13)10-9-22(2)18(24)17-12-16(20-21-17)14-5-4-6-15(11-14)25-3/h4-8,11,16-17,20-21H,9-10,12H2,1-3H3. The minimum atomic E-state index is -0.231. The number of imidazole rings is 1. The first-order valence-electron chi connectivity index (χ1n) is 8.46. The molecule has 1 amide bonds. The molecular formula is C18H25N5O2. The molecule has 0 radical (unpaired) electrons. The van der Waals surface area contributed by atoms with Gasteiger partial charge in [-0.15, -0.1) is 0 Å². The molecule has 3 rings (SSSR count). The van der Waals surface area contributed by atoms with Crippen LogP contribution in [0.3, 0.4) is 0 Å². The Kier molecular flexibility index (Phi) is 5.35. The molecule has 0 bridgehead atoms. The summed E-state index contributed by atoms with van der Waals surface area (Å²) in [7, 11) is 3.50. The summed E-state index contributed by atoms with van der Waals surface area (Å²) in [5.74, 6) is 1.87. The van der Waals surface area contributed by atoms with Gasteiger partial charge in [-0.3, -0.25) is 4.79 Å². The van der Waals surface area contributed by atoms with Gasteiger partial charge in [0.05, 0.1) is 7.11 Å². The van der Waals surface area contributed by atoms with Crippen LogP contribution >= 0.6 is 0 Å². The highest BCUT2D eigenvalue weighted by Crippen LogP contribution is 2.25. The Morgan fingerprint density at radius 2 is 2.28 bits per heavy atom. The van der Waals surface area contributed by atoms with E-state index in [-0.39, 0.29) is 18.0 Å². The monoisotopic (exact) mass is 343 g/mol. The van der Waals surface area contributed by atoms with Crippen molar-refractivity contribution in [1.82, 2.24) is 25.3 Å². The Balaban J connectivity index is 1.55. The fourth-order valence-electron chi connectivity index (χ4n) is 3.07. The van der Waals surface area contributed by atoms with Crippen molar-refractivity contribution >= 4 is 5.91 Å². The van der Waals surface area contributed by atoms with Crippen LogP contribution in [0.5, 0.6) is 5.75 Å². The molecule has 0 spiro atoms. The van der Waals surface area contributed by atoms with Gasteiger partial charge in [-0.1, -0.05) is 12.1 Å². The van der Waals surface area contributed by atoms with Crippen molar-refractivity contribution in [2.45, 2.75) is 32.0 Å². The van der Waals surface area contributed by atoms with Crippen LogP contribution in [-0.4, -0.2) is 47.1 Å². The molecule has 0 saturated carbocycles. The normalized spacial score (nSPS) is 19.8. The third-order valence-electron chi connectivity index (χ3n) is 4.67. The summed E-state index contributed by atoms with van der Waals surface area (Å²) in [6, 6.07) is 7.78. The van der Waals surface area contributed by atoms with E-state index in [0.717, 1.165) is 23.7 Å². The molecule has 2 N–H and O–H groups in total. The number of amides is 1. The molecule has 2 aromatic rings. The first-order valence-corrected chi connectivity index (χ1v) is 8.46. The minimum absolute atomic E-state index is 0.0911. The number of hydrogen-bond donors (Lipinski definition) is 2. The lowest BCUT2D eigenvalue weighted by Crippen LogP contribution is -2.44. The molecule has 25 heavy (non-hydrogen) atoms. The van der Waals surface area contributed by atoms with E-state index in [1.807, 2.05) is 49.0 Å². The second-order valence-electron chi connectivity index (χ2n) is 6.33. The molecule has 2 heterocycles. The number of likely N-dealkylation sites (N-methyl/N-ethyl adjacent to an activating group) is 1. The SMILES string of the molecule is COc1cccc(C2CC(C(=O)N(C)CCn3ccnc3C)NN2)c1. The number of methoxy groups -OCH3 is 1. The zero-order valence-corrected chi connectivity index (χ0v) is 14.9. The highest BCUT2D eigenvalue weighted by Gasteiger charge is 2.31. The summed E-state index contributed by atoms with van der Waals surface area (Å²) in [6.07, 6.45) is 4.42. The molecule has 1 aliphatic heterocycles. The van der Waals surface area contributed by atoms with Crippen LogP contribution in [0.1, 0.15) is 23.9 Å². The second kappa shape index (κ2) is 7.67. The maximum Gasteiger partial charge on any atom is 0.240 e. The topological polar surface area (TPSA) is 71.4 Å². The van der Waals surface area contributed by atoms with Crippen LogP contribution in [0, 0.1) is 6.92 Å². The highest BCUT2D eigenvalue weighted by molar-refractivity contribution is 5.82. The van der Waals surface area contributed by atoms with Crippen LogP contribution in [-0.2, 0) is 11.3 Å². The summed E-state index contributed by atoms with van der Waals surface area (Å²) >= 11 is 0. The lowest BCUT2D eigenvalue weighted by atomic mass is 10.0. The van der Waals surface area contributed by atoms with Crippen molar-refractivity contribution < 1.29 is 9.53 Å². The van der Waals surface area contributed by atoms with Crippen molar-refractivity contribution in [3.63, 3.8) is 0 Å². The number of carbonyl (C=O) groups excluding carboxylic acids is 1. The fourth-order valence-corrected chi connectivity index (χ4v) is 3.07. The molecule has 1 aromatic carbocycles. The molecule has 7 heteroatoms. The molecule has 0 aliphatic carbocycles. The molecule has 134 valence electrons. The van der Waals surface area contributed by atoms with Crippen LogP contribution in [0.15, 0.2) is 36.7 Å². The number of ether oxygens (including phenoxy) is 1. The van der Waals surface area contributed by atoms with Gasteiger partial charge in [0.15, 0.2) is 0 Å². The zero-order chi connectivity index (χ0) is 17.8. The fraction of sp³-hybridized carbons (Fsp3) is 0.444. The lowest BCUT2D eigenvalue weighted by Gasteiger charge is -2.21. The van der Waals surface area contributed by atoms with Gasteiger partial charge in [0.1, 0.15) is 17.6 Å². The van der Waals surface area contributed by atoms with Crippen molar-refractivity contribution in [3.8, 4) is 5.75 Å². The van der Waals surface area contributed by atoms with E-state index in [0.29, 0.717) is 13.0 Å². The van der Waals surface area contributed by atoms with Gasteiger partial charge in [0.25, 0.3) is 0 Å².